The third-order valence-corrected chi connectivity index (χ3v) is 2.51. The number of methoxy groups -OCH3 is 2. The maximum absolute atomic E-state index is 13.5. The van der Waals surface area contributed by atoms with Crippen LogP contribution in [0.5, 0.6) is 17.2 Å². The molecule has 0 saturated carbocycles. The molecule has 1 aromatic carbocycles. The number of benzene rings is 1. The van der Waals surface area contributed by atoms with Crippen molar-refractivity contribution in [3.05, 3.63) is 17.4 Å². The molecular formula is C11H14FNO5. The number of phenols is 1. The van der Waals surface area contributed by atoms with Gasteiger partial charge in [0.1, 0.15) is 5.92 Å². The van der Waals surface area contributed by atoms with E-state index in [1.165, 1.54) is 14.2 Å². The van der Waals surface area contributed by atoms with E-state index in [1.54, 1.807) is 0 Å². The van der Waals surface area contributed by atoms with Crippen LogP contribution >= 0.6 is 0 Å². The third-order valence-electron chi connectivity index (χ3n) is 2.51. The second-order valence-electron chi connectivity index (χ2n) is 3.48. The minimum absolute atomic E-state index is 0.0116. The van der Waals surface area contributed by atoms with Crippen LogP contribution in [0.25, 0.3) is 0 Å². The summed E-state index contributed by atoms with van der Waals surface area (Å²) in [6.07, 6.45) is 0. The lowest BCUT2D eigenvalue weighted by Gasteiger charge is -2.18. The van der Waals surface area contributed by atoms with E-state index in [-0.39, 0.29) is 23.6 Å². The van der Waals surface area contributed by atoms with Gasteiger partial charge in [-0.25, -0.2) is 4.39 Å². The summed E-state index contributed by atoms with van der Waals surface area (Å²) in [5, 5.41) is 18.7. The molecule has 4 N–H and O–H groups in total. The van der Waals surface area contributed by atoms with Gasteiger partial charge in [0.15, 0.2) is 23.1 Å². The van der Waals surface area contributed by atoms with Gasteiger partial charge in [0.25, 0.3) is 0 Å². The first-order valence-corrected chi connectivity index (χ1v) is 5.04. The van der Waals surface area contributed by atoms with Crippen molar-refractivity contribution in [2.75, 3.05) is 20.8 Å². The molecule has 1 unspecified atom stereocenters. The number of rotatable bonds is 5. The maximum atomic E-state index is 13.5. The van der Waals surface area contributed by atoms with Crippen molar-refractivity contribution in [3.63, 3.8) is 0 Å². The van der Waals surface area contributed by atoms with Gasteiger partial charge in [0, 0.05) is 12.6 Å². The van der Waals surface area contributed by atoms with Gasteiger partial charge in [0.2, 0.25) is 0 Å². The Morgan fingerprint density at radius 3 is 2.50 bits per heavy atom. The maximum Gasteiger partial charge on any atom is 0.312 e. The van der Waals surface area contributed by atoms with Gasteiger partial charge < -0.3 is 25.4 Å². The molecule has 0 aromatic heterocycles. The standard InChI is InChI=1S/C11H14FNO5/c1-17-7-3-6(12)9(14)8(10(7)18-2)5(4-13)11(15)16/h3,5,14H,4,13H2,1-2H3,(H,15,16). The molecule has 0 aliphatic rings. The number of phenolic OH excluding ortho intramolecular Hbond substituents is 1. The van der Waals surface area contributed by atoms with E-state index in [9.17, 15) is 14.3 Å². The predicted molar refractivity (Wildman–Crippen MR) is 60.6 cm³/mol. The smallest absolute Gasteiger partial charge is 0.312 e. The van der Waals surface area contributed by atoms with Gasteiger partial charge in [-0.3, -0.25) is 4.79 Å². The first kappa shape index (κ1) is 14.0. The Labute approximate surface area is 103 Å². The van der Waals surface area contributed by atoms with Gasteiger partial charge in [0.05, 0.1) is 19.8 Å². The van der Waals surface area contributed by atoms with Crippen molar-refractivity contribution < 1.29 is 28.9 Å². The number of nitrogens with two attached hydrogens (primary N) is 1. The number of carboxylic acid groups (broad SMARTS) is 1. The highest BCUT2D eigenvalue weighted by atomic mass is 19.1. The van der Waals surface area contributed by atoms with Crippen LogP contribution < -0.4 is 15.2 Å². The molecule has 0 amide bonds. The van der Waals surface area contributed by atoms with E-state index >= 15 is 0 Å². The molecule has 0 heterocycles. The zero-order valence-electron chi connectivity index (χ0n) is 9.94. The summed E-state index contributed by atoms with van der Waals surface area (Å²) < 4.78 is 23.3. The van der Waals surface area contributed by atoms with E-state index in [1.807, 2.05) is 0 Å². The third kappa shape index (κ3) is 2.30. The highest BCUT2D eigenvalue weighted by Crippen LogP contribution is 2.43. The fourth-order valence-electron chi connectivity index (χ4n) is 1.65. The first-order chi connectivity index (χ1) is 8.47. The molecule has 1 aromatic rings. The number of aromatic hydroxyl groups is 1. The lowest BCUT2D eigenvalue weighted by atomic mass is 9.96. The number of ether oxygens (including phenoxy) is 2. The molecule has 6 nitrogen and oxygen atoms in total. The van der Waals surface area contributed by atoms with E-state index in [2.05, 4.69) is 0 Å². The zero-order chi connectivity index (χ0) is 13.9. The van der Waals surface area contributed by atoms with Crippen molar-refractivity contribution in [1.82, 2.24) is 0 Å². The first-order valence-electron chi connectivity index (χ1n) is 5.04. The molecule has 0 fully saturated rings. The van der Waals surface area contributed by atoms with Crippen molar-refractivity contribution in [1.29, 1.82) is 0 Å². The molecular weight excluding hydrogens is 245 g/mol. The summed E-state index contributed by atoms with van der Waals surface area (Å²) in [6, 6.07) is 0.910. The number of aliphatic carboxylic acids is 1. The van der Waals surface area contributed by atoms with Crippen molar-refractivity contribution in [2.24, 2.45) is 5.73 Å². The summed E-state index contributed by atoms with van der Waals surface area (Å²) in [4.78, 5) is 11.1. The van der Waals surface area contributed by atoms with E-state index in [4.69, 9.17) is 20.3 Å². The second kappa shape index (κ2) is 5.54. The number of halogens is 1. The molecule has 0 saturated heterocycles. The topological polar surface area (TPSA) is 102 Å². The average Bonchev–Trinajstić information content (AvgIpc) is 2.34. The predicted octanol–water partition coefficient (Wildman–Crippen LogP) is 0.675. The molecule has 18 heavy (non-hydrogen) atoms. The number of carboxylic acids is 1. The number of hydrogen-bond acceptors (Lipinski definition) is 5. The van der Waals surface area contributed by atoms with E-state index in [0.29, 0.717) is 0 Å². The largest absolute Gasteiger partial charge is 0.505 e. The Balaban J connectivity index is 3.57. The van der Waals surface area contributed by atoms with Gasteiger partial charge in [-0.15, -0.1) is 0 Å². The van der Waals surface area contributed by atoms with E-state index in [0.717, 1.165) is 6.07 Å². The molecule has 0 spiro atoms. The van der Waals surface area contributed by atoms with Gasteiger partial charge in [-0.05, 0) is 0 Å². The van der Waals surface area contributed by atoms with Crippen molar-refractivity contribution in [3.8, 4) is 17.2 Å². The zero-order valence-corrected chi connectivity index (χ0v) is 9.94. The minimum Gasteiger partial charge on any atom is -0.505 e. The van der Waals surface area contributed by atoms with Crippen LogP contribution in [0.3, 0.4) is 0 Å². The van der Waals surface area contributed by atoms with Crippen LogP contribution in [0, 0.1) is 5.82 Å². The highest BCUT2D eigenvalue weighted by Gasteiger charge is 2.30. The lowest BCUT2D eigenvalue weighted by Crippen LogP contribution is -2.22. The summed E-state index contributed by atoms with van der Waals surface area (Å²) in [7, 11) is 2.53. The molecule has 0 bridgehead atoms. The van der Waals surface area contributed by atoms with Crippen molar-refractivity contribution >= 4 is 5.97 Å². The van der Waals surface area contributed by atoms with Crippen molar-refractivity contribution in [2.45, 2.75) is 5.92 Å². The summed E-state index contributed by atoms with van der Waals surface area (Å²) in [5.74, 6) is -4.44. The molecule has 0 aliphatic carbocycles. The average molecular weight is 259 g/mol. The Morgan fingerprint density at radius 1 is 1.50 bits per heavy atom. The summed E-state index contributed by atoms with van der Waals surface area (Å²) in [6.45, 7) is -0.314. The van der Waals surface area contributed by atoms with Crippen LogP contribution in [0.15, 0.2) is 6.07 Å². The second-order valence-corrected chi connectivity index (χ2v) is 3.48. The highest BCUT2D eigenvalue weighted by molar-refractivity contribution is 5.80. The number of carbonyl (C=O) groups is 1. The fourth-order valence-corrected chi connectivity index (χ4v) is 1.65. The fraction of sp³-hybridized carbons (Fsp3) is 0.364. The quantitative estimate of drug-likeness (QED) is 0.718. The van der Waals surface area contributed by atoms with Crippen LogP contribution in [0.4, 0.5) is 4.39 Å². The molecule has 100 valence electrons. The Bertz CT molecular complexity index is 463. The number of hydrogen-bond donors (Lipinski definition) is 3. The molecule has 7 heteroatoms. The lowest BCUT2D eigenvalue weighted by molar-refractivity contribution is -0.138. The van der Waals surface area contributed by atoms with Crippen LogP contribution in [-0.2, 0) is 4.79 Å². The normalized spacial score (nSPS) is 12.0. The van der Waals surface area contributed by atoms with E-state index < -0.39 is 23.5 Å². The molecule has 1 rings (SSSR count). The summed E-state index contributed by atoms with van der Waals surface area (Å²) in [5.41, 5.74) is 5.10. The monoisotopic (exact) mass is 259 g/mol. The van der Waals surface area contributed by atoms with Gasteiger partial charge in [-0.2, -0.15) is 0 Å². The minimum atomic E-state index is -1.29. The SMILES string of the molecule is COc1cc(F)c(O)c(C(CN)C(=O)O)c1OC. The van der Waals surface area contributed by atoms with Gasteiger partial charge >= 0.3 is 5.97 Å². The van der Waals surface area contributed by atoms with Crippen LogP contribution in [-0.4, -0.2) is 36.9 Å². The summed E-state index contributed by atoms with van der Waals surface area (Å²) >= 11 is 0. The molecule has 0 radical (unpaired) electrons. The molecule has 1 atom stereocenters. The Hall–Kier alpha value is -2.02. The van der Waals surface area contributed by atoms with Crippen LogP contribution in [0.1, 0.15) is 11.5 Å². The Kier molecular flexibility index (Phi) is 4.33. The van der Waals surface area contributed by atoms with Gasteiger partial charge in [-0.1, -0.05) is 0 Å². The Morgan fingerprint density at radius 2 is 2.11 bits per heavy atom. The molecule has 0 aliphatic heterocycles. The van der Waals surface area contributed by atoms with Crippen LogP contribution in [0.2, 0.25) is 0 Å².